The molecule has 1 unspecified atom stereocenters. The minimum Gasteiger partial charge on any atom is -0.489 e. The molecule has 0 radical (unpaired) electrons. The number of likely N-dealkylation sites (N-methyl/N-ethyl adjacent to an activating group) is 1. The van der Waals surface area contributed by atoms with Crippen LogP contribution >= 0.6 is 34.2 Å². The van der Waals surface area contributed by atoms with E-state index in [4.69, 9.17) is 22.1 Å². The predicted octanol–water partition coefficient (Wildman–Crippen LogP) is 3.27. The van der Waals surface area contributed by atoms with Crippen molar-refractivity contribution < 1.29 is 14.3 Å². The molecule has 0 spiro atoms. The summed E-state index contributed by atoms with van der Waals surface area (Å²) in [5.74, 6) is -0.119. The van der Waals surface area contributed by atoms with Crippen LogP contribution in [-0.2, 0) is 20.9 Å². The SMILES string of the molecule is CN1C(=O)[C@@H](N2CC(C(Cl)=NCc3ccccc3)=C(N)C2=O)COC2=C1C=CC(C)(I)C=C2. The molecule has 2 heterocycles. The van der Waals surface area contributed by atoms with Crippen molar-refractivity contribution in [3.05, 3.63) is 82.9 Å². The molecule has 1 aliphatic carbocycles. The number of alkyl halides is 1. The van der Waals surface area contributed by atoms with Gasteiger partial charge in [0.05, 0.1) is 22.2 Å². The highest BCUT2D eigenvalue weighted by Crippen LogP contribution is 2.31. The van der Waals surface area contributed by atoms with Crippen molar-refractivity contribution in [2.75, 3.05) is 20.2 Å². The molecule has 172 valence electrons. The Morgan fingerprint density at radius 1 is 1.27 bits per heavy atom. The van der Waals surface area contributed by atoms with E-state index in [9.17, 15) is 9.59 Å². The highest BCUT2D eigenvalue weighted by molar-refractivity contribution is 14.1. The molecule has 2 atom stereocenters. The van der Waals surface area contributed by atoms with Crippen LogP contribution in [0.3, 0.4) is 0 Å². The van der Waals surface area contributed by atoms with Gasteiger partial charge in [0.15, 0.2) is 0 Å². The van der Waals surface area contributed by atoms with Crippen LogP contribution in [0.15, 0.2) is 82.4 Å². The van der Waals surface area contributed by atoms with Gasteiger partial charge in [-0.15, -0.1) is 0 Å². The quantitative estimate of drug-likeness (QED) is 0.338. The number of hydrogen-bond donors (Lipinski definition) is 1. The standard InChI is InChI=1S/C24H24ClIN4O3/c1-24(26)10-8-17-19(9-11-24)33-14-18(22(31)29(17)2)30-13-16(20(27)23(30)32)21(25)28-12-15-6-4-3-5-7-15/h3-11,18H,12-14,27H2,1-2H3/t18-,24?/m0/s1. The van der Waals surface area contributed by atoms with E-state index in [1.807, 2.05) is 54.6 Å². The van der Waals surface area contributed by atoms with Crippen LogP contribution in [0.2, 0.25) is 0 Å². The van der Waals surface area contributed by atoms with Crippen LogP contribution < -0.4 is 5.73 Å². The topological polar surface area (TPSA) is 88.2 Å². The number of carbonyl (C=O) groups is 2. The molecular weight excluding hydrogens is 555 g/mol. The molecular formula is C24H24ClIN4O3. The number of ether oxygens (including phenoxy) is 1. The number of nitrogens with zero attached hydrogens (tertiary/aromatic N) is 3. The minimum absolute atomic E-state index is 0.00602. The largest absolute Gasteiger partial charge is 0.489 e. The van der Waals surface area contributed by atoms with Gasteiger partial charge in [-0.3, -0.25) is 14.6 Å². The molecule has 1 aromatic rings. The smallest absolute Gasteiger partial charge is 0.271 e. The molecule has 9 heteroatoms. The number of hydrogen-bond acceptors (Lipinski definition) is 5. The van der Waals surface area contributed by atoms with Gasteiger partial charge >= 0.3 is 0 Å². The van der Waals surface area contributed by atoms with Crippen LogP contribution in [0.5, 0.6) is 0 Å². The van der Waals surface area contributed by atoms with Gasteiger partial charge in [0.2, 0.25) is 0 Å². The lowest BCUT2D eigenvalue weighted by Gasteiger charge is -2.28. The zero-order chi connectivity index (χ0) is 23.8. The van der Waals surface area contributed by atoms with Crippen molar-refractivity contribution in [3.8, 4) is 0 Å². The van der Waals surface area contributed by atoms with Crippen LogP contribution in [0.1, 0.15) is 12.5 Å². The number of halogens is 2. The highest BCUT2D eigenvalue weighted by atomic mass is 127. The summed E-state index contributed by atoms with van der Waals surface area (Å²) in [4.78, 5) is 33.6. The minimum atomic E-state index is -0.836. The molecule has 2 amide bonds. The second kappa shape index (κ2) is 9.34. The van der Waals surface area contributed by atoms with Gasteiger partial charge in [-0.05, 0) is 24.6 Å². The molecule has 2 N–H and O–H groups in total. The highest BCUT2D eigenvalue weighted by Gasteiger charge is 2.42. The Hall–Kier alpha value is -2.59. The summed E-state index contributed by atoms with van der Waals surface area (Å²) < 4.78 is 5.80. The Morgan fingerprint density at radius 3 is 2.70 bits per heavy atom. The van der Waals surface area contributed by atoms with E-state index in [2.05, 4.69) is 34.5 Å². The van der Waals surface area contributed by atoms with Crippen molar-refractivity contribution in [2.45, 2.75) is 22.9 Å². The monoisotopic (exact) mass is 578 g/mol. The predicted molar refractivity (Wildman–Crippen MR) is 137 cm³/mol. The molecule has 7 nitrogen and oxygen atoms in total. The Morgan fingerprint density at radius 2 is 1.97 bits per heavy atom. The van der Waals surface area contributed by atoms with Crippen molar-refractivity contribution in [2.24, 2.45) is 10.7 Å². The van der Waals surface area contributed by atoms with E-state index >= 15 is 0 Å². The number of rotatable bonds is 4. The Labute approximate surface area is 211 Å². The fourth-order valence-electron chi connectivity index (χ4n) is 3.79. The maximum atomic E-state index is 13.3. The molecule has 3 aliphatic rings. The number of carbonyl (C=O) groups excluding carboxylic acids is 2. The Balaban J connectivity index is 1.52. The average molecular weight is 579 g/mol. The summed E-state index contributed by atoms with van der Waals surface area (Å²) in [6.07, 6.45) is 7.75. The Bertz CT molecular complexity index is 1140. The van der Waals surface area contributed by atoms with Gasteiger partial charge in [0.25, 0.3) is 11.8 Å². The Kier molecular flexibility index (Phi) is 6.67. The summed E-state index contributed by atoms with van der Waals surface area (Å²) in [7, 11) is 1.68. The van der Waals surface area contributed by atoms with Gasteiger partial charge < -0.3 is 20.3 Å². The van der Waals surface area contributed by atoms with Crippen molar-refractivity contribution >= 4 is 51.2 Å². The van der Waals surface area contributed by atoms with Crippen LogP contribution in [-0.4, -0.2) is 56.4 Å². The van der Waals surface area contributed by atoms with Gasteiger partial charge in [0, 0.05) is 12.6 Å². The van der Waals surface area contributed by atoms with Crippen LogP contribution in [0.4, 0.5) is 0 Å². The molecule has 1 aromatic carbocycles. The summed E-state index contributed by atoms with van der Waals surface area (Å²) in [5, 5.41) is 0.170. The van der Waals surface area contributed by atoms with Crippen LogP contribution in [0.25, 0.3) is 0 Å². The van der Waals surface area contributed by atoms with Crippen molar-refractivity contribution in [1.82, 2.24) is 9.80 Å². The number of amides is 2. The van der Waals surface area contributed by atoms with E-state index in [0.717, 1.165) is 5.56 Å². The fourth-order valence-corrected chi connectivity index (χ4v) is 4.37. The van der Waals surface area contributed by atoms with Gasteiger partial charge in [0.1, 0.15) is 29.3 Å². The third-order valence-corrected chi connectivity index (χ3v) is 6.83. The second-order valence-corrected chi connectivity index (χ2v) is 10.9. The van der Waals surface area contributed by atoms with E-state index in [0.29, 0.717) is 23.6 Å². The van der Waals surface area contributed by atoms with Crippen molar-refractivity contribution in [1.29, 1.82) is 0 Å². The first-order valence-corrected chi connectivity index (χ1v) is 11.9. The molecule has 0 bridgehead atoms. The summed E-state index contributed by atoms with van der Waals surface area (Å²) >= 11 is 8.74. The summed E-state index contributed by atoms with van der Waals surface area (Å²) in [6, 6.07) is 8.80. The number of allylic oxidation sites excluding steroid dienone is 4. The molecule has 2 aliphatic heterocycles. The lowest BCUT2D eigenvalue weighted by Crippen LogP contribution is -2.50. The van der Waals surface area contributed by atoms with Crippen molar-refractivity contribution in [3.63, 3.8) is 0 Å². The molecule has 4 rings (SSSR count). The van der Waals surface area contributed by atoms with E-state index in [-0.39, 0.29) is 33.3 Å². The van der Waals surface area contributed by atoms with E-state index < -0.39 is 11.9 Å². The zero-order valence-electron chi connectivity index (χ0n) is 18.3. The van der Waals surface area contributed by atoms with E-state index in [1.165, 1.54) is 9.80 Å². The first kappa shape index (κ1) is 23.6. The third kappa shape index (κ3) is 4.86. The summed E-state index contributed by atoms with van der Waals surface area (Å²) in [5.41, 5.74) is 8.16. The lowest BCUT2D eigenvalue weighted by molar-refractivity contribution is -0.141. The lowest BCUT2D eigenvalue weighted by atomic mass is 10.1. The molecule has 0 aromatic heterocycles. The van der Waals surface area contributed by atoms with Crippen LogP contribution in [0, 0.1) is 0 Å². The normalized spacial score (nSPS) is 25.9. The number of aliphatic imine (C=N–C) groups is 1. The third-order valence-electron chi connectivity index (χ3n) is 5.77. The molecule has 0 saturated carbocycles. The molecule has 33 heavy (non-hydrogen) atoms. The molecule has 0 fully saturated rings. The summed E-state index contributed by atoms with van der Waals surface area (Å²) in [6.45, 7) is 2.53. The molecule has 0 saturated heterocycles. The second-order valence-electron chi connectivity index (χ2n) is 8.21. The fraction of sp³-hybridized carbons (Fsp3) is 0.292. The first-order chi connectivity index (χ1) is 15.7. The maximum Gasteiger partial charge on any atom is 0.271 e. The van der Waals surface area contributed by atoms with Gasteiger partial charge in [-0.2, -0.15) is 0 Å². The van der Waals surface area contributed by atoms with Gasteiger partial charge in [-0.1, -0.05) is 76.7 Å². The maximum absolute atomic E-state index is 13.3. The zero-order valence-corrected chi connectivity index (χ0v) is 21.2. The average Bonchev–Trinajstić information content (AvgIpc) is 2.93. The first-order valence-electron chi connectivity index (χ1n) is 10.4. The van der Waals surface area contributed by atoms with E-state index in [1.54, 1.807) is 7.05 Å². The number of benzene rings is 1. The van der Waals surface area contributed by atoms with Gasteiger partial charge in [-0.25, -0.2) is 0 Å². The number of nitrogens with two attached hydrogens (primary N) is 1.